The molecule has 2 N–H and O–H groups in total. The summed E-state index contributed by atoms with van der Waals surface area (Å²) in [5, 5.41) is 15.8. The summed E-state index contributed by atoms with van der Waals surface area (Å²) < 4.78 is 6.92. The van der Waals surface area contributed by atoms with E-state index in [9.17, 15) is 9.59 Å². The van der Waals surface area contributed by atoms with E-state index in [-0.39, 0.29) is 18.0 Å². The van der Waals surface area contributed by atoms with E-state index < -0.39 is 5.97 Å². The third-order valence-corrected chi connectivity index (χ3v) is 3.06. The number of carboxylic acids is 1. The number of carboxylic acid groups (broad SMARTS) is 1. The third-order valence-electron chi connectivity index (χ3n) is 3.06. The average molecular weight is 291 g/mol. The summed E-state index contributed by atoms with van der Waals surface area (Å²) in [7, 11) is 0. The summed E-state index contributed by atoms with van der Waals surface area (Å²) in [5.41, 5.74) is 1.34. The van der Waals surface area contributed by atoms with Crippen LogP contribution in [0.3, 0.4) is 0 Å². The van der Waals surface area contributed by atoms with Crippen molar-refractivity contribution in [2.75, 3.05) is 0 Å². The van der Waals surface area contributed by atoms with Crippen molar-refractivity contribution in [3.05, 3.63) is 40.6 Å². The van der Waals surface area contributed by atoms with E-state index in [1.807, 2.05) is 13.8 Å². The minimum atomic E-state index is -1.05. The van der Waals surface area contributed by atoms with Crippen LogP contribution >= 0.6 is 0 Å². The van der Waals surface area contributed by atoms with Crippen LogP contribution in [0.25, 0.3) is 0 Å². The van der Waals surface area contributed by atoms with Crippen LogP contribution in [-0.4, -0.2) is 26.8 Å². The van der Waals surface area contributed by atoms with Gasteiger partial charge in [-0.2, -0.15) is 5.10 Å². The standard InChI is InChI=1S/C14H17N3O4/c1-4-17-12(5-8(2)16-17)13(18)15-7-10-6-11(14(19)20)9(3)21-10/h5-6H,4,7H2,1-3H3,(H,15,18)(H,19,20). The summed E-state index contributed by atoms with van der Waals surface area (Å²) in [6, 6.07) is 3.12. The fourth-order valence-corrected chi connectivity index (χ4v) is 2.07. The van der Waals surface area contributed by atoms with Crippen molar-refractivity contribution in [2.24, 2.45) is 0 Å². The van der Waals surface area contributed by atoms with Crippen molar-refractivity contribution >= 4 is 11.9 Å². The molecule has 0 saturated heterocycles. The summed E-state index contributed by atoms with van der Waals surface area (Å²) in [5.74, 6) is -0.601. The van der Waals surface area contributed by atoms with Crippen LogP contribution in [-0.2, 0) is 13.1 Å². The highest BCUT2D eigenvalue weighted by atomic mass is 16.4. The SMILES string of the molecule is CCn1nc(C)cc1C(=O)NCc1cc(C(=O)O)c(C)o1. The summed E-state index contributed by atoms with van der Waals surface area (Å²) in [6.07, 6.45) is 0. The fourth-order valence-electron chi connectivity index (χ4n) is 2.07. The highest BCUT2D eigenvalue weighted by Crippen LogP contribution is 2.14. The monoisotopic (exact) mass is 291 g/mol. The van der Waals surface area contributed by atoms with Crippen molar-refractivity contribution in [1.82, 2.24) is 15.1 Å². The van der Waals surface area contributed by atoms with E-state index in [2.05, 4.69) is 10.4 Å². The second-order valence-corrected chi connectivity index (χ2v) is 4.66. The van der Waals surface area contributed by atoms with Gasteiger partial charge in [-0.15, -0.1) is 0 Å². The number of aromatic carboxylic acids is 1. The zero-order valence-corrected chi connectivity index (χ0v) is 12.1. The predicted molar refractivity (Wildman–Crippen MR) is 74.2 cm³/mol. The number of aryl methyl sites for hydroxylation is 3. The predicted octanol–water partition coefficient (Wildman–Crippen LogP) is 1.74. The van der Waals surface area contributed by atoms with Crippen LogP contribution < -0.4 is 5.32 Å². The topological polar surface area (TPSA) is 97.4 Å². The molecule has 0 saturated carbocycles. The molecule has 112 valence electrons. The van der Waals surface area contributed by atoms with E-state index in [0.717, 1.165) is 5.69 Å². The van der Waals surface area contributed by atoms with Crippen LogP contribution in [0.15, 0.2) is 16.5 Å². The Morgan fingerprint density at radius 3 is 2.67 bits per heavy atom. The molecule has 2 aromatic heterocycles. The van der Waals surface area contributed by atoms with E-state index in [1.54, 1.807) is 17.7 Å². The lowest BCUT2D eigenvalue weighted by Crippen LogP contribution is -2.25. The molecule has 0 spiro atoms. The first-order valence-corrected chi connectivity index (χ1v) is 6.57. The number of rotatable bonds is 5. The Morgan fingerprint density at radius 1 is 1.38 bits per heavy atom. The van der Waals surface area contributed by atoms with Crippen LogP contribution in [0.5, 0.6) is 0 Å². The molecule has 0 unspecified atom stereocenters. The molecular weight excluding hydrogens is 274 g/mol. The van der Waals surface area contributed by atoms with E-state index in [4.69, 9.17) is 9.52 Å². The first-order chi connectivity index (χ1) is 9.92. The number of aromatic nitrogens is 2. The molecule has 0 atom stereocenters. The molecule has 0 bridgehead atoms. The number of hydrogen-bond acceptors (Lipinski definition) is 4. The van der Waals surface area contributed by atoms with Gasteiger partial charge in [-0.25, -0.2) is 4.79 Å². The van der Waals surface area contributed by atoms with Gasteiger partial charge in [-0.1, -0.05) is 0 Å². The molecule has 0 aliphatic heterocycles. The van der Waals surface area contributed by atoms with Crippen LogP contribution in [0.2, 0.25) is 0 Å². The Labute approximate surface area is 121 Å². The lowest BCUT2D eigenvalue weighted by atomic mass is 10.2. The van der Waals surface area contributed by atoms with Gasteiger partial charge in [0.1, 0.15) is 22.8 Å². The smallest absolute Gasteiger partial charge is 0.339 e. The second kappa shape index (κ2) is 5.82. The fraction of sp³-hybridized carbons (Fsp3) is 0.357. The van der Waals surface area contributed by atoms with Gasteiger partial charge in [0.15, 0.2) is 0 Å². The summed E-state index contributed by atoms with van der Waals surface area (Å²) in [4.78, 5) is 23.0. The van der Waals surface area contributed by atoms with Crippen molar-refractivity contribution in [1.29, 1.82) is 0 Å². The highest BCUT2D eigenvalue weighted by Gasteiger charge is 2.16. The molecule has 21 heavy (non-hydrogen) atoms. The maximum atomic E-state index is 12.1. The molecule has 2 heterocycles. The third kappa shape index (κ3) is 3.13. The molecule has 1 amide bonds. The molecule has 7 nitrogen and oxygen atoms in total. The van der Waals surface area contributed by atoms with Crippen LogP contribution in [0.1, 0.15) is 45.0 Å². The lowest BCUT2D eigenvalue weighted by molar-refractivity contribution is 0.0694. The maximum absolute atomic E-state index is 12.1. The van der Waals surface area contributed by atoms with Crippen molar-refractivity contribution in [3.8, 4) is 0 Å². The van der Waals surface area contributed by atoms with Crippen LogP contribution in [0, 0.1) is 13.8 Å². The summed E-state index contributed by atoms with van der Waals surface area (Å²) in [6.45, 7) is 6.01. The number of nitrogens with zero attached hydrogens (tertiary/aromatic N) is 2. The first-order valence-electron chi connectivity index (χ1n) is 6.57. The van der Waals surface area contributed by atoms with Crippen LogP contribution in [0.4, 0.5) is 0 Å². The van der Waals surface area contributed by atoms with Gasteiger partial charge in [0.25, 0.3) is 5.91 Å². The second-order valence-electron chi connectivity index (χ2n) is 4.66. The van der Waals surface area contributed by atoms with Crippen molar-refractivity contribution < 1.29 is 19.1 Å². The molecule has 0 aliphatic carbocycles. The van der Waals surface area contributed by atoms with Crippen molar-refractivity contribution in [3.63, 3.8) is 0 Å². The largest absolute Gasteiger partial charge is 0.478 e. The van der Waals surface area contributed by atoms with Gasteiger partial charge >= 0.3 is 5.97 Å². The Kier molecular flexibility index (Phi) is 4.11. The minimum absolute atomic E-state index is 0.105. The number of hydrogen-bond donors (Lipinski definition) is 2. The Bertz CT molecular complexity index is 684. The summed E-state index contributed by atoms with van der Waals surface area (Å²) >= 11 is 0. The number of amides is 1. The Balaban J connectivity index is 2.07. The van der Waals surface area contributed by atoms with Gasteiger partial charge in [-0.3, -0.25) is 9.48 Å². The average Bonchev–Trinajstić information content (AvgIpc) is 2.99. The highest BCUT2D eigenvalue weighted by molar-refractivity contribution is 5.92. The normalized spacial score (nSPS) is 10.6. The Hall–Kier alpha value is -2.57. The molecular formula is C14H17N3O4. The molecule has 7 heteroatoms. The minimum Gasteiger partial charge on any atom is -0.478 e. The zero-order valence-electron chi connectivity index (χ0n) is 12.1. The first kappa shape index (κ1) is 14.8. The quantitative estimate of drug-likeness (QED) is 0.874. The number of furan rings is 1. The molecule has 0 fully saturated rings. The van der Waals surface area contributed by atoms with E-state index in [0.29, 0.717) is 23.8 Å². The van der Waals surface area contributed by atoms with E-state index >= 15 is 0 Å². The van der Waals surface area contributed by atoms with Crippen molar-refractivity contribution in [2.45, 2.75) is 33.9 Å². The van der Waals surface area contributed by atoms with Gasteiger partial charge in [0, 0.05) is 6.54 Å². The molecule has 0 aliphatic rings. The van der Waals surface area contributed by atoms with Gasteiger partial charge in [-0.05, 0) is 32.9 Å². The molecule has 2 rings (SSSR count). The van der Waals surface area contributed by atoms with Gasteiger partial charge in [0.05, 0.1) is 12.2 Å². The zero-order chi connectivity index (χ0) is 15.6. The van der Waals surface area contributed by atoms with Gasteiger partial charge < -0.3 is 14.8 Å². The Morgan fingerprint density at radius 2 is 2.10 bits per heavy atom. The van der Waals surface area contributed by atoms with Gasteiger partial charge in [0.2, 0.25) is 0 Å². The molecule has 2 aromatic rings. The number of carbonyl (C=O) groups excluding carboxylic acids is 1. The van der Waals surface area contributed by atoms with E-state index in [1.165, 1.54) is 6.07 Å². The number of carbonyl (C=O) groups is 2. The lowest BCUT2D eigenvalue weighted by Gasteiger charge is -2.05. The maximum Gasteiger partial charge on any atom is 0.339 e. The number of nitrogens with one attached hydrogen (secondary N) is 1. The molecule has 0 radical (unpaired) electrons. The molecule has 0 aromatic carbocycles.